The fraction of sp³-hybridized carbons (Fsp3) is 0.643. The molecule has 22 heavy (non-hydrogen) atoms. The second kappa shape index (κ2) is 5.73. The van der Waals surface area contributed by atoms with Crippen molar-refractivity contribution in [3.05, 3.63) is 18.1 Å². The molecule has 0 radical (unpaired) electrons. The summed E-state index contributed by atoms with van der Waals surface area (Å²) in [5.74, 6) is 0.958. The third-order valence-electron chi connectivity index (χ3n) is 4.06. The van der Waals surface area contributed by atoms with Gasteiger partial charge in [0, 0.05) is 38.7 Å². The molecule has 1 aromatic heterocycles. The van der Waals surface area contributed by atoms with Crippen LogP contribution in [-0.2, 0) is 11.0 Å². The Morgan fingerprint density at radius 1 is 1.18 bits per heavy atom. The van der Waals surface area contributed by atoms with E-state index < -0.39 is 11.9 Å². The van der Waals surface area contributed by atoms with Crippen LogP contribution in [0.5, 0.6) is 0 Å². The van der Waals surface area contributed by atoms with Crippen molar-refractivity contribution < 1.29 is 18.0 Å². The van der Waals surface area contributed by atoms with Crippen LogP contribution in [0.4, 0.5) is 19.0 Å². The number of hydrogen-bond acceptors (Lipinski definition) is 4. The van der Waals surface area contributed by atoms with Crippen LogP contribution in [-0.4, -0.2) is 47.0 Å². The van der Waals surface area contributed by atoms with E-state index >= 15 is 0 Å². The molecular weight excluding hydrogens is 297 g/mol. The van der Waals surface area contributed by atoms with Gasteiger partial charge in [-0.3, -0.25) is 4.79 Å². The summed E-state index contributed by atoms with van der Waals surface area (Å²) >= 11 is 0. The molecule has 2 aliphatic rings. The number of carbonyl (C=O) groups is 1. The van der Waals surface area contributed by atoms with Crippen molar-refractivity contribution in [3.8, 4) is 0 Å². The first-order chi connectivity index (χ1) is 10.4. The van der Waals surface area contributed by atoms with Gasteiger partial charge in [-0.1, -0.05) is 0 Å². The van der Waals surface area contributed by atoms with Crippen LogP contribution in [0, 0.1) is 5.92 Å². The molecule has 8 heteroatoms. The first-order valence-corrected chi connectivity index (χ1v) is 7.35. The van der Waals surface area contributed by atoms with E-state index in [4.69, 9.17) is 0 Å². The fourth-order valence-corrected chi connectivity index (χ4v) is 2.56. The predicted octanol–water partition coefficient (Wildman–Crippen LogP) is 1.94. The summed E-state index contributed by atoms with van der Waals surface area (Å²) in [5.41, 5.74) is -0.940. The summed E-state index contributed by atoms with van der Waals surface area (Å²) in [5, 5.41) is 0. The molecule has 0 atom stereocenters. The quantitative estimate of drug-likeness (QED) is 0.855. The summed E-state index contributed by atoms with van der Waals surface area (Å²) in [6.07, 6.45) is -0.673. The number of carbonyl (C=O) groups excluding carboxylic acids is 1. The van der Waals surface area contributed by atoms with Gasteiger partial charge in [0.1, 0.15) is 17.8 Å². The van der Waals surface area contributed by atoms with Gasteiger partial charge in [0.05, 0.1) is 0 Å². The van der Waals surface area contributed by atoms with Crippen molar-refractivity contribution in [3.63, 3.8) is 0 Å². The van der Waals surface area contributed by atoms with Gasteiger partial charge in [-0.2, -0.15) is 13.2 Å². The molecule has 1 aromatic rings. The summed E-state index contributed by atoms with van der Waals surface area (Å²) < 4.78 is 38.0. The van der Waals surface area contributed by atoms with Gasteiger partial charge in [-0.15, -0.1) is 0 Å². The van der Waals surface area contributed by atoms with E-state index in [1.54, 1.807) is 9.80 Å². The van der Waals surface area contributed by atoms with Gasteiger partial charge in [-0.05, 0) is 18.8 Å². The second-order valence-corrected chi connectivity index (χ2v) is 5.77. The molecule has 1 saturated carbocycles. The number of hydrogen-bond donors (Lipinski definition) is 0. The lowest BCUT2D eigenvalue weighted by atomic mass is 10.2. The number of amides is 1. The Kier molecular flexibility index (Phi) is 3.92. The minimum atomic E-state index is -4.47. The smallest absolute Gasteiger partial charge is 0.353 e. The maximum Gasteiger partial charge on any atom is 0.433 e. The van der Waals surface area contributed by atoms with Gasteiger partial charge < -0.3 is 9.80 Å². The highest BCUT2D eigenvalue weighted by molar-refractivity contribution is 5.77. The predicted molar refractivity (Wildman–Crippen MR) is 73.2 cm³/mol. The fourth-order valence-electron chi connectivity index (χ4n) is 2.56. The van der Waals surface area contributed by atoms with E-state index in [9.17, 15) is 18.0 Å². The number of alkyl halides is 3. The van der Waals surface area contributed by atoms with Crippen LogP contribution >= 0.6 is 0 Å². The molecule has 1 aliphatic heterocycles. The van der Waals surface area contributed by atoms with Crippen LogP contribution in [0.15, 0.2) is 12.4 Å². The van der Waals surface area contributed by atoms with E-state index in [1.165, 1.54) is 0 Å². The lowest BCUT2D eigenvalue weighted by Gasteiger charge is -2.35. The molecule has 0 bridgehead atoms. The topological polar surface area (TPSA) is 49.3 Å². The molecule has 1 saturated heterocycles. The minimum absolute atomic E-state index is 0.154. The minimum Gasteiger partial charge on any atom is -0.353 e. The number of nitrogens with zero attached hydrogens (tertiary/aromatic N) is 4. The Morgan fingerprint density at radius 3 is 2.45 bits per heavy atom. The third-order valence-corrected chi connectivity index (χ3v) is 4.06. The van der Waals surface area contributed by atoms with E-state index in [1.807, 2.05) is 0 Å². The molecule has 0 N–H and O–H groups in total. The largest absolute Gasteiger partial charge is 0.433 e. The lowest BCUT2D eigenvalue weighted by Crippen LogP contribution is -2.49. The molecule has 1 aliphatic carbocycles. The van der Waals surface area contributed by atoms with Gasteiger partial charge in [0.15, 0.2) is 0 Å². The number of anilines is 1. The molecule has 0 spiro atoms. The van der Waals surface area contributed by atoms with Crippen molar-refractivity contribution >= 4 is 11.7 Å². The van der Waals surface area contributed by atoms with Crippen molar-refractivity contribution in [2.45, 2.75) is 25.4 Å². The summed E-state index contributed by atoms with van der Waals surface area (Å²) in [6, 6.07) is 0.960. The van der Waals surface area contributed by atoms with Gasteiger partial charge >= 0.3 is 6.18 Å². The van der Waals surface area contributed by atoms with Crippen molar-refractivity contribution in [1.82, 2.24) is 14.9 Å². The van der Waals surface area contributed by atoms with Gasteiger partial charge in [0.25, 0.3) is 0 Å². The molecule has 2 heterocycles. The first kappa shape index (κ1) is 15.1. The SMILES string of the molecule is O=C(CC1CC1)N1CCN(c2cc(C(F)(F)F)ncn2)CC1. The molecule has 5 nitrogen and oxygen atoms in total. The summed E-state index contributed by atoms with van der Waals surface area (Å²) in [7, 11) is 0. The second-order valence-electron chi connectivity index (χ2n) is 5.77. The zero-order valence-electron chi connectivity index (χ0n) is 12.0. The van der Waals surface area contributed by atoms with Crippen LogP contribution < -0.4 is 4.90 Å². The highest BCUT2D eigenvalue weighted by Crippen LogP contribution is 2.33. The monoisotopic (exact) mass is 314 g/mol. The molecule has 1 amide bonds. The Morgan fingerprint density at radius 2 is 1.86 bits per heavy atom. The number of piperazine rings is 1. The average molecular weight is 314 g/mol. The van der Waals surface area contributed by atoms with Crippen LogP contribution in [0.25, 0.3) is 0 Å². The van der Waals surface area contributed by atoms with Crippen LogP contribution in [0.1, 0.15) is 25.0 Å². The van der Waals surface area contributed by atoms with Crippen molar-refractivity contribution in [2.75, 3.05) is 31.1 Å². The maximum atomic E-state index is 12.7. The molecule has 3 rings (SSSR count). The standard InChI is InChI=1S/C14H17F3N4O/c15-14(16,17)11-8-12(19-9-18-11)20-3-5-21(6-4-20)13(22)7-10-1-2-10/h8-10H,1-7H2. The van der Waals surface area contributed by atoms with Crippen molar-refractivity contribution in [1.29, 1.82) is 0 Å². The molecular formula is C14H17F3N4O. The highest BCUT2D eigenvalue weighted by atomic mass is 19.4. The zero-order valence-corrected chi connectivity index (χ0v) is 12.0. The Bertz CT molecular complexity index is 551. The first-order valence-electron chi connectivity index (χ1n) is 7.35. The van der Waals surface area contributed by atoms with Crippen LogP contribution in [0.3, 0.4) is 0 Å². The van der Waals surface area contributed by atoms with E-state index in [0.29, 0.717) is 38.5 Å². The summed E-state index contributed by atoms with van der Waals surface area (Å²) in [4.78, 5) is 22.7. The Balaban J connectivity index is 1.60. The molecule has 2 fully saturated rings. The van der Waals surface area contributed by atoms with Crippen LogP contribution in [0.2, 0.25) is 0 Å². The van der Waals surface area contributed by atoms with Gasteiger partial charge in [-0.25, -0.2) is 9.97 Å². The summed E-state index contributed by atoms with van der Waals surface area (Å²) in [6.45, 7) is 2.03. The van der Waals surface area contributed by atoms with Crippen molar-refractivity contribution in [2.24, 2.45) is 5.92 Å². The highest BCUT2D eigenvalue weighted by Gasteiger charge is 2.34. The van der Waals surface area contributed by atoms with Gasteiger partial charge in [0.2, 0.25) is 5.91 Å². The van der Waals surface area contributed by atoms with E-state index in [0.717, 1.165) is 25.2 Å². The average Bonchev–Trinajstić information content (AvgIpc) is 3.31. The number of aromatic nitrogens is 2. The zero-order chi connectivity index (χ0) is 15.7. The molecule has 120 valence electrons. The maximum absolute atomic E-state index is 12.7. The van der Waals surface area contributed by atoms with E-state index in [2.05, 4.69) is 9.97 Å². The number of halogens is 3. The normalized spacial score (nSPS) is 19.4. The third kappa shape index (κ3) is 3.48. The Labute approximate surface area is 126 Å². The Hall–Kier alpha value is -1.86. The number of rotatable bonds is 3. The lowest BCUT2D eigenvalue weighted by molar-refractivity contribution is -0.141. The van der Waals surface area contributed by atoms with E-state index in [-0.39, 0.29) is 11.7 Å². The molecule has 0 aromatic carbocycles. The molecule has 0 unspecified atom stereocenters.